The van der Waals surface area contributed by atoms with Gasteiger partial charge in [-0.1, -0.05) is 12.8 Å². The molecule has 1 heterocycles. The van der Waals surface area contributed by atoms with Crippen LogP contribution in [-0.2, 0) is 4.74 Å². The summed E-state index contributed by atoms with van der Waals surface area (Å²) in [5, 5.41) is 0.892. The van der Waals surface area contributed by atoms with Crippen LogP contribution in [0.2, 0.25) is 0 Å². The van der Waals surface area contributed by atoms with E-state index in [0.717, 1.165) is 24.2 Å². The normalized spacial score (nSPS) is 29.8. The minimum Gasteiger partial charge on any atom is -0.381 e. The average Bonchev–Trinajstić information content (AvgIpc) is 2.90. The third-order valence-electron chi connectivity index (χ3n) is 3.56. The molecular formula is C11H22N2OS. The predicted octanol–water partition coefficient (Wildman–Crippen LogP) is 1.53. The van der Waals surface area contributed by atoms with Gasteiger partial charge < -0.3 is 4.74 Å². The lowest BCUT2D eigenvalue weighted by Crippen LogP contribution is -2.43. The molecule has 2 fully saturated rings. The van der Waals surface area contributed by atoms with E-state index in [0.29, 0.717) is 12.0 Å². The Hall–Kier alpha value is 0.230. The molecule has 1 saturated carbocycles. The number of nitrogens with one attached hydrogen (secondary N) is 1. The summed E-state index contributed by atoms with van der Waals surface area (Å²) < 4.78 is 5.41. The average molecular weight is 230 g/mol. The van der Waals surface area contributed by atoms with Gasteiger partial charge in [0.25, 0.3) is 0 Å². The van der Waals surface area contributed by atoms with E-state index in [9.17, 15) is 0 Å². The van der Waals surface area contributed by atoms with Crippen molar-refractivity contribution >= 4 is 11.8 Å². The number of ether oxygens (including phenoxy) is 1. The van der Waals surface area contributed by atoms with Gasteiger partial charge in [-0.2, -0.15) is 11.8 Å². The summed E-state index contributed by atoms with van der Waals surface area (Å²) >= 11 is 2.11. The topological polar surface area (TPSA) is 47.3 Å². The Morgan fingerprint density at radius 3 is 2.73 bits per heavy atom. The summed E-state index contributed by atoms with van der Waals surface area (Å²) in [5.74, 6) is 7.40. The molecule has 88 valence electrons. The van der Waals surface area contributed by atoms with Gasteiger partial charge in [-0.15, -0.1) is 0 Å². The van der Waals surface area contributed by atoms with Crippen molar-refractivity contribution in [2.45, 2.75) is 43.4 Å². The van der Waals surface area contributed by atoms with Gasteiger partial charge in [-0.3, -0.25) is 11.3 Å². The smallest absolute Gasteiger partial charge is 0.0510 e. The number of hydrazine groups is 1. The first-order valence-electron chi connectivity index (χ1n) is 6.05. The molecule has 0 aromatic heterocycles. The van der Waals surface area contributed by atoms with Gasteiger partial charge in [0.15, 0.2) is 0 Å². The maximum Gasteiger partial charge on any atom is 0.0510 e. The van der Waals surface area contributed by atoms with Crippen LogP contribution in [0.5, 0.6) is 0 Å². The third kappa shape index (κ3) is 3.34. The highest BCUT2D eigenvalue weighted by Crippen LogP contribution is 2.31. The molecule has 0 radical (unpaired) electrons. The lowest BCUT2D eigenvalue weighted by Gasteiger charge is -2.22. The van der Waals surface area contributed by atoms with Crippen LogP contribution in [0.3, 0.4) is 0 Å². The lowest BCUT2D eigenvalue weighted by atomic mass is 10.0. The molecule has 2 atom stereocenters. The summed E-state index contributed by atoms with van der Waals surface area (Å²) in [6.45, 7) is 1.80. The lowest BCUT2D eigenvalue weighted by molar-refractivity contribution is 0.179. The van der Waals surface area contributed by atoms with Crippen LogP contribution in [0, 0.1) is 5.92 Å². The minimum absolute atomic E-state index is 0.443. The number of nitrogens with two attached hydrogens (primary N) is 1. The molecular weight excluding hydrogens is 208 g/mol. The molecule has 0 spiro atoms. The third-order valence-corrected chi connectivity index (χ3v) is 5.06. The molecule has 2 aliphatic rings. The molecule has 0 bridgehead atoms. The molecule has 3 N–H and O–H groups in total. The van der Waals surface area contributed by atoms with E-state index in [1.165, 1.54) is 32.1 Å². The van der Waals surface area contributed by atoms with Gasteiger partial charge >= 0.3 is 0 Å². The van der Waals surface area contributed by atoms with Gasteiger partial charge in [0.05, 0.1) is 6.61 Å². The van der Waals surface area contributed by atoms with Gasteiger partial charge in [0.1, 0.15) is 0 Å². The summed E-state index contributed by atoms with van der Waals surface area (Å²) in [6.07, 6.45) is 6.82. The molecule has 2 rings (SSSR count). The Kier molecular flexibility index (Phi) is 4.75. The minimum atomic E-state index is 0.443. The predicted molar refractivity (Wildman–Crippen MR) is 64.8 cm³/mol. The summed E-state index contributed by atoms with van der Waals surface area (Å²) in [5.41, 5.74) is 2.97. The SMILES string of the molecule is NNC(CSC1CCCC1)C1CCOC1. The van der Waals surface area contributed by atoms with Gasteiger partial charge in [0.2, 0.25) is 0 Å². The fourth-order valence-electron chi connectivity index (χ4n) is 2.49. The van der Waals surface area contributed by atoms with Crippen molar-refractivity contribution in [2.75, 3.05) is 19.0 Å². The second kappa shape index (κ2) is 6.09. The maximum atomic E-state index is 5.62. The van der Waals surface area contributed by atoms with Crippen molar-refractivity contribution < 1.29 is 4.74 Å². The van der Waals surface area contributed by atoms with Crippen molar-refractivity contribution in [3.8, 4) is 0 Å². The molecule has 0 amide bonds. The van der Waals surface area contributed by atoms with E-state index in [-0.39, 0.29) is 0 Å². The first kappa shape index (κ1) is 11.7. The number of hydrogen-bond acceptors (Lipinski definition) is 4. The molecule has 4 heteroatoms. The van der Waals surface area contributed by atoms with Crippen LogP contribution >= 0.6 is 11.8 Å². The highest BCUT2D eigenvalue weighted by molar-refractivity contribution is 7.99. The summed E-state index contributed by atoms with van der Waals surface area (Å²) in [4.78, 5) is 0. The van der Waals surface area contributed by atoms with E-state index in [2.05, 4.69) is 17.2 Å². The number of hydrogen-bond donors (Lipinski definition) is 2. The van der Waals surface area contributed by atoms with Crippen LogP contribution in [0.15, 0.2) is 0 Å². The number of rotatable bonds is 5. The molecule has 3 nitrogen and oxygen atoms in total. The second-order valence-electron chi connectivity index (χ2n) is 4.64. The Balaban J connectivity index is 1.69. The van der Waals surface area contributed by atoms with E-state index in [4.69, 9.17) is 10.6 Å². The Labute approximate surface area is 96.5 Å². The Morgan fingerprint density at radius 1 is 1.33 bits per heavy atom. The zero-order valence-corrected chi connectivity index (χ0v) is 10.1. The van der Waals surface area contributed by atoms with E-state index in [1.807, 2.05) is 0 Å². The standard InChI is InChI=1S/C11H22N2OS/c12-13-11(9-5-6-14-7-9)8-15-10-3-1-2-4-10/h9-11,13H,1-8,12H2. The zero-order valence-electron chi connectivity index (χ0n) is 9.28. The van der Waals surface area contributed by atoms with Crippen molar-refractivity contribution in [1.82, 2.24) is 5.43 Å². The van der Waals surface area contributed by atoms with Gasteiger partial charge in [-0.25, -0.2) is 0 Å². The zero-order chi connectivity index (χ0) is 10.5. The molecule has 2 unspecified atom stereocenters. The number of thioether (sulfide) groups is 1. The Morgan fingerprint density at radius 2 is 2.13 bits per heavy atom. The van der Waals surface area contributed by atoms with E-state index >= 15 is 0 Å². The maximum absolute atomic E-state index is 5.62. The molecule has 0 aromatic carbocycles. The van der Waals surface area contributed by atoms with Crippen molar-refractivity contribution in [3.63, 3.8) is 0 Å². The van der Waals surface area contributed by atoms with Crippen molar-refractivity contribution in [2.24, 2.45) is 11.8 Å². The van der Waals surface area contributed by atoms with Crippen LogP contribution in [0.25, 0.3) is 0 Å². The second-order valence-corrected chi connectivity index (χ2v) is 5.97. The van der Waals surface area contributed by atoms with Crippen molar-refractivity contribution in [1.29, 1.82) is 0 Å². The highest BCUT2D eigenvalue weighted by atomic mass is 32.2. The Bertz CT molecular complexity index is 179. The molecule has 1 aliphatic carbocycles. The van der Waals surface area contributed by atoms with E-state index in [1.54, 1.807) is 0 Å². The fraction of sp³-hybridized carbons (Fsp3) is 1.00. The van der Waals surface area contributed by atoms with Crippen LogP contribution in [0.4, 0.5) is 0 Å². The van der Waals surface area contributed by atoms with Gasteiger partial charge in [0, 0.05) is 29.6 Å². The summed E-state index contributed by atoms with van der Waals surface area (Å²) in [7, 11) is 0. The van der Waals surface area contributed by atoms with E-state index < -0.39 is 0 Å². The molecule has 15 heavy (non-hydrogen) atoms. The largest absolute Gasteiger partial charge is 0.381 e. The van der Waals surface area contributed by atoms with Crippen LogP contribution in [0.1, 0.15) is 32.1 Å². The molecule has 1 saturated heterocycles. The first-order chi connectivity index (χ1) is 7.40. The highest BCUT2D eigenvalue weighted by Gasteiger charge is 2.26. The first-order valence-corrected chi connectivity index (χ1v) is 7.10. The fourth-order valence-corrected chi connectivity index (χ4v) is 4.00. The van der Waals surface area contributed by atoms with Crippen molar-refractivity contribution in [3.05, 3.63) is 0 Å². The van der Waals surface area contributed by atoms with Crippen LogP contribution in [-0.4, -0.2) is 30.3 Å². The molecule has 1 aliphatic heterocycles. The monoisotopic (exact) mass is 230 g/mol. The van der Waals surface area contributed by atoms with Gasteiger partial charge in [-0.05, 0) is 19.3 Å². The van der Waals surface area contributed by atoms with Crippen LogP contribution < -0.4 is 11.3 Å². The summed E-state index contributed by atoms with van der Waals surface area (Å²) in [6, 6.07) is 0.443. The quantitative estimate of drug-likeness (QED) is 0.555. The molecule has 0 aromatic rings.